The number of rotatable bonds is 7. The van der Waals surface area contributed by atoms with E-state index < -0.39 is 0 Å². The Morgan fingerprint density at radius 1 is 1.11 bits per heavy atom. The third kappa shape index (κ3) is 4.07. The van der Waals surface area contributed by atoms with Gasteiger partial charge in [0.2, 0.25) is 0 Å². The molecule has 19 heavy (non-hydrogen) atoms. The van der Waals surface area contributed by atoms with Gasteiger partial charge in [-0.3, -0.25) is 0 Å². The smallest absolute Gasteiger partial charge is 0.00205 e. The summed E-state index contributed by atoms with van der Waals surface area (Å²) in [6, 6.07) is 7.18. The van der Waals surface area contributed by atoms with Crippen LogP contribution < -0.4 is 5.32 Å². The molecule has 0 aromatic heterocycles. The Morgan fingerprint density at radius 2 is 1.89 bits per heavy atom. The highest BCUT2D eigenvalue weighted by molar-refractivity contribution is 5.35. The second kappa shape index (κ2) is 7.09. The Morgan fingerprint density at radius 3 is 2.68 bits per heavy atom. The minimum atomic E-state index is 0.750. The second-order valence-electron chi connectivity index (χ2n) is 6.32. The molecule has 1 heteroatoms. The van der Waals surface area contributed by atoms with Crippen LogP contribution in [0.1, 0.15) is 50.3 Å². The topological polar surface area (TPSA) is 12.0 Å². The van der Waals surface area contributed by atoms with Gasteiger partial charge in [0.05, 0.1) is 0 Å². The molecule has 0 spiro atoms. The van der Waals surface area contributed by atoms with Crippen molar-refractivity contribution in [2.45, 2.75) is 52.9 Å². The summed E-state index contributed by atoms with van der Waals surface area (Å²) in [7, 11) is 0. The molecule has 1 aromatic rings. The fourth-order valence-corrected chi connectivity index (χ4v) is 3.03. The molecule has 2 unspecified atom stereocenters. The Labute approximate surface area is 118 Å². The van der Waals surface area contributed by atoms with Crippen molar-refractivity contribution in [2.75, 3.05) is 13.1 Å². The number of hydrogen-bond acceptors (Lipinski definition) is 1. The lowest BCUT2D eigenvalue weighted by Crippen LogP contribution is -2.26. The minimum Gasteiger partial charge on any atom is -0.316 e. The van der Waals surface area contributed by atoms with E-state index in [9.17, 15) is 0 Å². The Kier molecular flexibility index (Phi) is 5.45. The monoisotopic (exact) mass is 259 g/mol. The van der Waals surface area contributed by atoms with Crippen molar-refractivity contribution in [1.82, 2.24) is 5.32 Å². The molecule has 0 fully saturated rings. The van der Waals surface area contributed by atoms with E-state index in [1.165, 1.54) is 37.7 Å². The van der Waals surface area contributed by atoms with Gasteiger partial charge in [0, 0.05) is 0 Å². The Hall–Kier alpha value is -0.820. The normalized spacial score (nSPS) is 17.2. The van der Waals surface area contributed by atoms with Gasteiger partial charge in [-0.05, 0) is 73.7 Å². The van der Waals surface area contributed by atoms with Crippen LogP contribution in [-0.2, 0) is 19.3 Å². The molecule has 0 radical (unpaired) electrons. The Balaban J connectivity index is 1.86. The highest BCUT2D eigenvalue weighted by atomic mass is 14.8. The predicted octanol–water partition coefficient (Wildman–Crippen LogP) is 3.99. The third-order valence-electron chi connectivity index (χ3n) is 4.59. The average molecular weight is 259 g/mol. The van der Waals surface area contributed by atoms with E-state index in [4.69, 9.17) is 0 Å². The molecule has 1 nitrogen and oxygen atoms in total. The molecule has 1 aliphatic rings. The van der Waals surface area contributed by atoms with Gasteiger partial charge in [-0.2, -0.15) is 0 Å². The maximum absolute atomic E-state index is 3.54. The number of hydrogen-bond donors (Lipinski definition) is 1. The van der Waals surface area contributed by atoms with Crippen molar-refractivity contribution in [1.29, 1.82) is 0 Å². The van der Waals surface area contributed by atoms with Gasteiger partial charge < -0.3 is 5.32 Å². The van der Waals surface area contributed by atoms with Crippen molar-refractivity contribution in [3.63, 3.8) is 0 Å². The number of benzene rings is 1. The van der Waals surface area contributed by atoms with Gasteiger partial charge in [0.15, 0.2) is 0 Å². The van der Waals surface area contributed by atoms with E-state index >= 15 is 0 Å². The van der Waals surface area contributed by atoms with Crippen molar-refractivity contribution in [3.8, 4) is 0 Å². The van der Waals surface area contributed by atoms with Crippen molar-refractivity contribution in [3.05, 3.63) is 34.9 Å². The summed E-state index contributed by atoms with van der Waals surface area (Å²) in [6.07, 6.45) is 6.40. The molecular weight excluding hydrogens is 230 g/mol. The van der Waals surface area contributed by atoms with Gasteiger partial charge in [0.1, 0.15) is 0 Å². The highest BCUT2D eigenvalue weighted by Crippen LogP contribution is 2.25. The number of aryl methyl sites for hydroxylation is 2. The summed E-state index contributed by atoms with van der Waals surface area (Å²) in [4.78, 5) is 0. The van der Waals surface area contributed by atoms with Gasteiger partial charge in [0.25, 0.3) is 0 Å². The zero-order chi connectivity index (χ0) is 13.7. The Bertz CT molecular complexity index is 397. The van der Waals surface area contributed by atoms with Crippen molar-refractivity contribution in [2.24, 2.45) is 11.8 Å². The molecule has 0 heterocycles. The van der Waals surface area contributed by atoms with E-state index in [2.05, 4.69) is 44.3 Å². The van der Waals surface area contributed by atoms with E-state index in [0.29, 0.717) is 0 Å². The van der Waals surface area contributed by atoms with Crippen LogP contribution in [0.15, 0.2) is 18.2 Å². The molecule has 1 N–H and O–H groups in total. The average Bonchev–Trinajstić information content (AvgIpc) is 2.86. The first-order chi connectivity index (χ1) is 9.20. The van der Waals surface area contributed by atoms with Crippen molar-refractivity contribution < 1.29 is 0 Å². The van der Waals surface area contributed by atoms with Gasteiger partial charge in [-0.15, -0.1) is 0 Å². The molecule has 0 amide bonds. The molecule has 1 aromatic carbocycles. The summed E-state index contributed by atoms with van der Waals surface area (Å²) in [5.74, 6) is 1.50. The van der Waals surface area contributed by atoms with Gasteiger partial charge in [-0.25, -0.2) is 0 Å². The van der Waals surface area contributed by atoms with Crippen LogP contribution in [0, 0.1) is 11.8 Å². The molecule has 2 rings (SSSR count). The van der Waals surface area contributed by atoms with E-state index in [1.54, 1.807) is 11.1 Å². The molecule has 2 atom stereocenters. The molecule has 1 aliphatic carbocycles. The van der Waals surface area contributed by atoms with Gasteiger partial charge >= 0.3 is 0 Å². The third-order valence-corrected chi connectivity index (χ3v) is 4.59. The first-order valence-corrected chi connectivity index (χ1v) is 8.02. The molecule has 0 saturated carbocycles. The van der Waals surface area contributed by atoms with Crippen LogP contribution in [0.3, 0.4) is 0 Å². The number of fused-ring (bicyclic) bond motifs is 1. The van der Waals surface area contributed by atoms with E-state index in [0.717, 1.165) is 24.9 Å². The molecule has 0 aliphatic heterocycles. The fraction of sp³-hybridized carbons (Fsp3) is 0.667. The lowest BCUT2D eigenvalue weighted by molar-refractivity contribution is 0.365. The second-order valence-corrected chi connectivity index (χ2v) is 6.32. The standard InChI is InChI=1S/C18H29N/c1-4-10-19-13-15(3)14(2)11-16-8-9-17-6-5-7-18(17)12-16/h8-9,12,14-15,19H,4-7,10-11,13H2,1-3H3. The molecule has 0 saturated heterocycles. The largest absolute Gasteiger partial charge is 0.316 e. The lowest BCUT2D eigenvalue weighted by atomic mass is 9.88. The molecule has 106 valence electrons. The summed E-state index contributed by atoms with van der Waals surface area (Å²) in [5, 5.41) is 3.54. The van der Waals surface area contributed by atoms with Crippen LogP contribution in [0.5, 0.6) is 0 Å². The van der Waals surface area contributed by atoms with Crippen LogP contribution in [-0.4, -0.2) is 13.1 Å². The van der Waals surface area contributed by atoms with Crippen LogP contribution in [0.2, 0.25) is 0 Å². The zero-order valence-electron chi connectivity index (χ0n) is 12.8. The maximum Gasteiger partial charge on any atom is -0.00205 e. The molecule has 0 bridgehead atoms. The fourth-order valence-electron chi connectivity index (χ4n) is 3.03. The zero-order valence-corrected chi connectivity index (χ0v) is 12.8. The van der Waals surface area contributed by atoms with Crippen LogP contribution in [0.4, 0.5) is 0 Å². The van der Waals surface area contributed by atoms with E-state index in [-0.39, 0.29) is 0 Å². The summed E-state index contributed by atoms with van der Waals surface area (Å²) in [6.45, 7) is 9.30. The van der Waals surface area contributed by atoms with E-state index in [1.807, 2.05) is 0 Å². The summed E-state index contributed by atoms with van der Waals surface area (Å²) in [5.41, 5.74) is 4.74. The summed E-state index contributed by atoms with van der Waals surface area (Å²) >= 11 is 0. The van der Waals surface area contributed by atoms with Crippen LogP contribution >= 0.6 is 0 Å². The highest BCUT2D eigenvalue weighted by Gasteiger charge is 2.15. The first-order valence-electron chi connectivity index (χ1n) is 8.02. The number of nitrogens with one attached hydrogen (secondary N) is 1. The van der Waals surface area contributed by atoms with Crippen molar-refractivity contribution >= 4 is 0 Å². The van der Waals surface area contributed by atoms with Crippen LogP contribution in [0.25, 0.3) is 0 Å². The predicted molar refractivity (Wildman–Crippen MR) is 83.7 cm³/mol. The molecular formula is C18H29N. The maximum atomic E-state index is 3.54. The minimum absolute atomic E-state index is 0.750. The quantitative estimate of drug-likeness (QED) is 0.730. The van der Waals surface area contributed by atoms with Gasteiger partial charge in [-0.1, -0.05) is 39.0 Å². The first kappa shape index (κ1) is 14.6. The SMILES string of the molecule is CCCNCC(C)C(C)Cc1ccc2c(c1)CCC2. The summed E-state index contributed by atoms with van der Waals surface area (Å²) < 4.78 is 0. The lowest BCUT2D eigenvalue weighted by Gasteiger charge is -2.21.